The molecule has 31 heavy (non-hydrogen) atoms. The third-order valence-corrected chi connectivity index (χ3v) is 9.90. The molecule has 4 rings (SSSR count). The first-order chi connectivity index (χ1) is 14.4. The zero-order chi connectivity index (χ0) is 21.5. The van der Waals surface area contributed by atoms with E-state index in [-0.39, 0.29) is 21.9 Å². The Balaban J connectivity index is 0.00000272. The summed E-state index contributed by atoms with van der Waals surface area (Å²) in [5.41, 5.74) is 8.73. The minimum atomic E-state index is -0.603. The van der Waals surface area contributed by atoms with E-state index >= 15 is 0 Å². The maximum absolute atomic E-state index is 2.41. The van der Waals surface area contributed by atoms with Crippen LogP contribution in [0.25, 0.3) is 0 Å². The number of allylic oxidation sites excluding steroid dienone is 4. The van der Waals surface area contributed by atoms with Crippen molar-refractivity contribution in [2.45, 2.75) is 47.0 Å². The molecule has 0 spiro atoms. The molecule has 0 saturated carbocycles. The van der Waals surface area contributed by atoms with Crippen LogP contribution < -0.4 is 15.9 Å². The molecule has 0 nitrogen and oxygen atoms in total. The smallest absolute Gasteiger partial charge is 0.0351 e. The molecule has 0 N–H and O–H groups in total. The second-order valence-electron chi connectivity index (χ2n) is 8.58. The second kappa shape index (κ2) is 9.28. The molecule has 2 heteroatoms. The Morgan fingerprint density at radius 2 is 1.03 bits per heavy atom. The van der Waals surface area contributed by atoms with Crippen molar-refractivity contribution >= 4 is 23.8 Å². The summed E-state index contributed by atoms with van der Waals surface area (Å²) in [6.45, 7) is 13.9. The fraction of sp³-hybridized carbons (Fsp3) is 0.241. The number of benzene rings is 3. The zero-order valence-electron chi connectivity index (χ0n) is 19.3. The Morgan fingerprint density at radius 1 is 0.581 bits per heavy atom. The molecule has 1 aliphatic rings. The van der Waals surface area contributed by atoms with Crippen LogP contribution in [-0.4, -0.2) is 0 Å². The summed E-state index contributed by atoms with van der Waals surface area (Å²) >= 11 is 0. The summed E-state index contributed by atoms with van der Waals surface area (Å²) in [5, 5.41) is 4.27. The summed E-state index contributed by atoms with van der Waals surface area (Å²) < 4.78 is 0. The maximum Gasteiger partial charge on any atom is 0.0351 e. The Hall–Kier alpha value is -1.94. The van der Waals surface area contributed by atoms with Crippen LogP contribution in [0.2, 0.25) is 0 Å². The van der Waals surface area contributed by atoms with Crippen LogP contribution in [-0.2, 0) is 21.9 Å². The SMILES string of the molecule is CC1=C(C)C(C)(c2cccc(P(c3ccccc3)c3ccccc3)c2C)C(C)=C1C.[Ni]. The third-order valence-electron chi connectivity index (χ3n) is 7.30. The standard InChI is InChI=1S/C29H31P.Ni/c1-20-21(2)24(5)29(6,23(20)4)27-18-13-19-28(22(27)3)30(25-14-9-7-10-15-25)26-16-11-8-12-17-26;/h7-19H,1-6H3;. The molecule has 0 saturated heterocycles. The topological polar surface area (TPSA) is 0 Å². The normalized spacial score (nSPS) is 15.5. The molecular formula is C29H31NiP. The van der Waals surface area contributed by atoms with E-state index < -0.39 is 7.92 Å². The first-order valence-electron chi connectivity index (χ1n) is 10.7. The molecule has 0 aromatic heterocycles. The van der Waals surface area contributed by atoms with E-state index in [1.807, 2.05) is 0 Å². The van der Waals surface area contributed by atoms with Crippen LogP contribution in [0.5, 0.6) is 0 Å². The number of hydrogen-bond donors (Lipinski definition) is 0. The average molecular weight is 469 g/mol. The summed E-state index contributed by atoms with van der Waals surface area (Å²) in [5.74, 6) is 0. The summed E-state index contributed by atoms with van der Waals surface area (Å²) in [6.07, 6.45) is 0. The average Bonchev–Trinajstić information content (AvgIpc) is 2.92. The fourth-order valence-electron chi connectivity index (χ4n) is 4.99. The van der Waals surface area contributed by atoms with Gasteiger partial charge < -0.3 is 0 Å². The van der Waals surface area contributed by atoms with Gasteiger partial charge in [-0.1, -0.05) is 90.0 Å². The molecule has 0 atom stereocenters. The molecule has 0 aliphatic heterocycles. The molecule has 1 aliphatic carbocycles. The van der Waals surface area contributed by atoms with Crippen molar-refractivity contribution in [2.24, 2.45) is 0 Å². The van der Waals surface area contributed by atoms with Crippen molar-refractivity contribution in [1.29, 1.82) is 0 Å². The molecule has 162 valence electrons. The first kappa shape index (κ1) is 23.7. The zero-order valence-corrected chi connectivity index (χ0v) is 21.2. The van der Waals surface area contributed by atoms with Crippen LogP contribution in [0.4, 0.5) is 0 Å². The minimum absolute atomic E-state index is 0. The number of hydrogen-bond acceptors (Lipinski definition) is 0. The van der Waals surface area contributed by atoms with E-state index in [0.29, 0.717) is 0 Å². The summed E-state index contributed by atoms with van der Waals surface area (Å²) in [7, 11) is -0.603. The van der Waals surface area contributed by atoms with Gasteiger partial charge >= 0.3 is 0 Å². The van der Waals surface area contributed by atoms with Crippen molar-refractivity contribution in [2.75, 3.05) is 0 Å². The van der Waals surface area contributed by atoms with E-state index in [9.17, 15) is 0 Å². The van der Waals surface area contributed by atoms with E-state index in [0.717, 1.165) is 0 Å². The van der Waals surface area contributed by atoms with Gasteiger partial charge in [0.05, 0.1) is 0 Å². The monoisotopic (exact) mass is 468 g/mol. The van der Waals surface area contributed by atoms with Crippen LogP contribution in [0.15, 0.2) is 101 Å². The molecule has 0 amide bonds. The van der Waals surface area contributed by atoms with Gasteiger partial charge in [-0.3, -0.25) is 0 Å². The van der Waals surface area contributed by atoms with Crippen molar-refractivity contribution in [1.82, 2.24) is 0 Å². The van der Waals surface area contributed by atoms with Crippen LogP contribution in [0.3, 0.4) is 0 Å². The van der Waals surface area contributed by atoms with Crippen molar-refractivity contribution in [3.8, 4) is 0 Å². The van der Waals surface area contributed by atoms with Gasteiger partial charge in [-0.05, 0) is 87.7 Å². The fourth-order valence-corrected chi connectivity index (χ4v) is 7.47. The minimum Gasteiger partial charge on any atom is -0.0622 e. The Labute approximate surface area is 199 Å². The Morgan fingerprint density at radius 3 is 1.48 bits per heavy atom. The van der Waals surface area contributed by atoms with Gasteiger partial charge in [-0.2, -0.15) is 0 Å². The molecule has 0 radical (unpaired) electrons. The predicted molar refractivity (Wildman–Crippen MR) is 134 cm³/mol. The molecule has 3 aromatic rings. The van der Waals surface area contributed by atoms with E-state index in [1.165, 1.54) is 49.3 Å². The summed E-state index contributed by atoms with van der Waals surface area (Å²) in [6, 6.07) is 29.0. The van der Waals surface area contributed by atoms with Gasteiger partial charge in [0.25, 0.3) is 0 Å². The third kappa shape index (κ3) is 3.88. The van der Waals surface area contributed by atoms with Gasteiger partial charge in [-0.15, -0.1) is 0 Å². The Kier molecular flexibility index (Phi) is 7.10. The Bertz CT molecular complexity index is 1080. The van der Waals surface area contributed by atoms with Gasteiger partial charge in [0.1, 0.15) is 0 Å². The molecule has 0 bridgehead atoms. The van der Waals surface area contributed by atoms with Crippen molar-refractivity contribution in [3.63, 3.8) is 0 Å². The predicted octanol–water partition coefficient (Wildman–Crippen LogP) is 6.69. The van der Waals surface area contributed by atoms with Gasteiger partial charge in [0, 0.05) is 21.9 Å². The molecule has 0 heterocycles. The van der Waals surface area contributed by atoms with Gasteiger partial charge in [-0.25, -0.2) is 0 Å². The van der Waals surface area contributed by atoms with Crippen LogP contribution >= 0.6 is 7.92 Å². The van der Waals surface area contributed by atoms with E-state index in [2.05, 4.69) is 120 Å². The van der Waals surface area contributed by atoms with E-state index in [4.69, 9.17) is 0 Å². The van der Waals surface area contributed by atoms with E-state index in [1.54, 1.807) is 0 Å². The van der Waals surface area contributed by atoms with Crippen molar-refractivity contribution < 1.29 is 16.5 Å². The first-order valence-corrected chi connectivity index (χ1v) is 12.1. The molecule has 0 fully saturated rings. The van der Waals surface area contributed by atoms with Crippen molar-refractivity contribution in [3.05, 3.63) is 112 Å². The van der Waals surface area contributed by atoms with Gasteiger partial charge in [0.15, 0.2) is 0 Å². The molecule has 0 unspecified atom stereocenters. The number of rotatable bonds is 4. The second-order valence-corrected chi connectivity index (χ2v) is 10.8. The van der Waals surface area contributed by atoms with Gasteiger partial charge in [0.2, 0.25) is 0 Å². The van der Waals surface area contributed by atoms with Crippen LogP contribution in [0, 0.1) is 6.92 Å². The molecule has 3 aromatic carbocycles. The molecular weight excluding hydrogens is 438 g/mol. The van der Waals surface area contributed by atoms with Crippen LogP contribution in [0.1, 0.15) is 45.7 Å². The summed E-state index contributed by atoms with van der Waals surface area (Å²) in [4.78, 5) is 0. The largest absolute Gasteiger partial charge is 0.0622 e. The maximum atomic E-state index is 2.41. The quantitative estimate of drug-likeness (QED) is 0.295.